The van der Waals surface area contributed by atoms with Crippen molar-refractivity contribution in [2.24, 2.45) is 0 Å². The predicted octanol–water partition coefficient (Wildman–Crippen LogP) is 2.73. The van der Waals surface area contributed by atoms with E-state index >= 15 is 0 Å². The lowest BCUT2D eigenvalue weighted by molar-refractivity contribution is 0.130. The van der Waals surface area contributed by atoms with Gasteiger partial charge >= 0.3 is 6.09 Å². The summed E-state index contributed by atoms with van der Waals surface area (Å²) in [5, 5.41) is 12.3. The summed E-state index contributed by atoms with van der Waals surface area (Å²) in [6.45, 7) is 5.74. The van der Waals surface area contributed by atoms with E-state index in [-0.39, 0.29) is 18.8 Å². The maximum Gasteiger partial charge on any atom is 0.407 e. The predicted molar refractivity (Wildman–Crippen MR) is 86.2 cm³/mol. The molecule has 23 heavy (non-hydrogen) atoms. The highest BCUT2D eigenvalue weighted by Gasteiger charge is 2.25. The number of aromatic nitrogens is 2. The van der Waals surface area contributed by atoms with Crippen molar-refractivity contribution >= 4 is 11.7 Å². The van der Waals surface area contributed by atoms with Gasteiger partial charge in [0.25, 0.3) is 0 Å². The third-order valence-electron chi connectivity index (χ3n) is 3.75. The van der Waals surface area contributed by atoms with Gasteiger partial charge in [0.05, 0.1) is 12.3 Å². The minimum atomic E-state index is -0.462. The van der Waals surface area contributed by atoms with Crippen LogP contribution < -0.4 is 5.32 Å². The van der Waals surface area contributed by atoms with Crippen LogP contribution in [-0.2, 0) is 18.0 Å². The fraction of sp³-hybridized carbons (Fsp3) is 0.529. The quantitative estimate of drug-likeness (QED) is 0.909. The van der Waals surface area contributed by atoms with Gasteiger partial charge in [-0.15, -0.1) is 0 Å². The fourth-order valence-electron chi connectivity index (χ4n) is 2.55. The highest BCUT2D eigenvalue weighted by atomic mass is 16.5. The van der Waals surface area contributed by atoms with E-state index in [1.54, 1.807) is 0 Å². The molecular weight excluding hydrogens is 294 g/mol. The van der Waals surface area contributed by atoms with Crippen molar-refractivity contribution in [2.75, 3.05) is 0 Å². The summed E-state index contributed by atoms with van der Waals surface area (Å²) in [6, 6.07) is 2.02. The molecule has 2 aromatic heterocycles. The SMILES string of the molecule is CC(C)(C)NC(=O)OCc1cn2cc(C3CC3)cc(CO)c2n1. The maximum absolute atomic E-state index is 11.7. The summed E-state index contributed by atoms with van der Waals surface area (Å²) in [5.74, 6) is 0.601. The standard InChI is InChI=1S/C17H23N3O3/c1-17(2,3)19-16(22)23-10-14-8-20-7-12(11-4-5-11)6-13(9-21)15(20)18-14/h6-8,11,21H,4-5,9-10H2,1-3H3,(H,19,22). The molecule has 0 saturated heterocycles. The van der Waals surface area contributed by atoms with Crippen LogP contribution in [0.2, 0.25) is 0 Å². The smallest absolute Gasteiger partial charge is 0.407 e. The van der Waals surface area contributed by atoms with Gasteiger partial charge in [-0.1, -0.05) is 0 Å². The Balaban J connectivity index is 1.76. The molecule has 1 aliphatic carbocycles. The molecule has 124 valence electrons. The van der Waals surface area contributed by atoms with E-state index in [0.717, 1.165) is 5.56 Å². The molecule has 0 aromatic carbocycles. The molecule has 6 nitrogen and oxygen atoms in total. The van der Waals surface area contributed by atoms with Crippen molar-refractivity contribution in [3.63, 3.8) is 0 Å². The van der Waals surface area contributed by atoms with Crippen molar-refractivity contribution in [3.05, 3.63) is 35.3 Å². The molecule has 2 N–H and O–H groups in total. The number of pyridine rings is 1. The number of aliphatic hydroxyl groups excluding tert-OH is 1. The molecule has 1 fully saturated rings. The first kappa shape index (κ1) is 15.8. The average Bonchev–Trinajstić information content (AvgIpc) is 3.22. The Morgan fingerprint density at radius 3 is 2.78 bits per heavy atom. The number of fused-ring (bicyclic) bond motifs is 1. The Labute approximate surface area is 135 Å². The van der Waals surface area contributed by atoms with Gasteiger partial charge in [-0.2, -0.15) is 0 Å². The molecule has 6 heteroatoms. The van der Waals surface area contributed by atoms with Crippen LogP contribution in [0.3, 0.4) is 0 Å². The van der Waals surface area contributed by atoms with Gasteiger partial charge in [0.1, 0.15) is 12.3 Å². The molecule has 0 unspecified atom stereocenters. The van der Waals surface area contributed by atoms with Crippen molar-refractivity contribution in [3.8, 4) is 0 Å². The first-order chi connectivity index (χ1) is 10.9. The molecule has 0 aliphatic heterocycles. The lowest BCUT2D eigenvalue weighted by Gasteiger charge is -2.19. The van der Waals surface area contributed by atoms with Gasteiger partial charge in [0.15, 0.2) is 0 Å². The average molecular weight is 317 g/mol. The van der Waals surface area contributed by atoms with Gasteiger partial charge in [-0.25, -0.2) is 9.78 Å². The number of hydrogen-bond donors (Lipinski definition) is 2. The van der Waals surface area contributed by atoms with Crippen molar-refractivity contribution in [2.45, 2.75) is 58.3 Å². The van der Waals surface area contributed by atoms with Crippen LogP contribution in [0.15, 0.2) is 18.5 Å². The van der Waals surface area contributed by atoms with E-state index in [0.29, 0.717) is 17.3 Å². The van der Waals surface area contributed by atoms with Gasteiger partial charge in [0.2, 0.25) is 0 Å². The number of carbonyl (C=O) groups excluding carboxylic acids is 1. The zero-order chi connectivity index (χ0) is 16.6. The van der Waals surface area contributed by atoms with Gasteiger partial charge in [-0.3, -0.25) is 0 Å². The number of ether oxygens (including phenoxy) is 1. The topological polar surface area (TPSA) is 75.9 Å². The van der Waals surface area contributed by atoms with Crippen LogP contribution in [0.5, 0.6) is 0 Å². The summed E-state index contributed by atoms with van der Waals surface area (Å²) >= 11 is 0. The summed E-state index contributed by atoms with van der Waals surface area (Å²) in [5.41, 5.74) is 3.08. The molecule has 0 radical (unpaired) electrons. The summed E-state index contributed by atoms with van der Waals surface area (Å²) in [4.78, 5) is 16.2. The molecule has 0 bridgehead atoms. The highest BCUT2D eigenvalue weighted by molar-refractivity contribution is 5.68. The molecule has 0 atom stereocenters. The Bertz CT molecular complexity index is 726. The van der Waals surface area contributed by atoms with Crippen LogP contribution in [0.4, 0.5) is 4.79 Å². The maximum atomic E-state index is 11.7. The highest BCUT2D eigenvalue weighted by Crippen LogP contribution is 2.40. The number of nitrogens with zero attached hydrogens (tertiary/aromatic N) is 2. The molecule has 2 aromatic rings. The third-order valence-corrected chi connectivity index (χ3v) is 3.75. The van der Waals surface area contributed by atoms with E-state index in [1.165, 1.54) is 18.4 Å². The second kappa shape index (κ2) is 5.85. The van der Waals surface area contributed by atoms with Crippen molar-refractivity contribution in [1.29, 1.82) is 0 Å². The van der Waals surface area contributed by atoms with E-state index in [4.69, 9.17) is 4.74 Å². The minimum absolute atomic E-state index is 0.0497. The first-order valence-corrected chi connectivity index (χ1v) is 7.92. The van der Waals surface area contributed by atoms with Crippen LogP contribution in [0.25, 0.3) is 5.65 Å². The van der Waals surface area contributed by atoms with E-state index in [9.17, 15) is 9.90 Å². The Morgan fingerprint density at radius 2 is 2.17 bits per heavy atom. The van der Waals surface area contributed by atoms with Crippen LogP contribution in [0, 0.1) is 0 Å². The number of carbonyl (C=O) groups is 1. The first-order valence-electron chi connectivity index (χ1n) is 7.92. The zero-order valence-corrected chi connectivity index (χ0v) is 13.8. The molecule has 1 aliphatic rings. The largest absolute Gasteiger partial charge is 0.443 e. The normalized spacial score (nSPS) is 15.0. The number of nitrogens with one attached hydrogen (secondary N) is 1. The lowest BCUT2D eigenvalue weighted by atomic mass is 10.1. The van der Waals surface area contributed by atoms with Gasteiger partial charge in [-0.05, 0) is 51.2 Å². The summed E-state index contributed by atoms with van der Waals surface area (Å²) < 4.78 is 7.13. The number of alkyl carbamates (subject to hydrolysis) is 1. The van der Waals surface area contributed by atoms with Crippen molar-refractivity contribution < 1.29 is 14.6 Å². The van der Waals surface area contributed by atoms with Gasteiger partial charge < -0.3 is 19.6 Å². The number of hydrogen-bond acceptors (Lipinski definition) is 4. The summed E-state index contributed by atoms with van der Waals surface area (Å²) in [6.07, 6.45) is 5.85. The second-order valence-electron chi connectivity index (χ2n) is 7.15. The number of imidazole rings is 1. The molecule has 1 saturated carbocycles. The molecule has 3 rings (SSSR count). The number of aliphatic hydroxyl groups is 1. The Morgan fingerprint density at radius 1 is 1.43 bits per heavy atom. The van der Waals surface area contributed by atoms with Crippen LogP contribution >= 0.6 is 0 Å². The molecular formula is C17H23N3O3. The van der Waals surface area contributed by atoms with Crippen LogP contribution in [-0.4, -0.2) is 26.1 Å². The lowest BCUT2D eigenvalue weighted by Crippen LogP contribution is -2.40. The van der Waals surface area contributed by atoms with Crippen molar-refractivity contribution in [1.82, 2.24) is 14.7 Å². The number of rotatable bonds is 4. The van der Waals surface area contributed by atoms with Gasteiger partial charge in [0, 0.05) is 23.5 Å². The van der Waals surface area contributed by atoms with E-state index in [2.05, 4.69) is 16.5 Å². The fourth-order valence-corrected chi connectivity index (χ4v) is 2.55. The van der Waals surface area contributed by atoms with E-state index < -0.39 is 6.09 Å². The zero-order valence-electron chi connectivity index (χ0n) is 13.8. The Kier molecular flexibility index (Phi) is 4.02. The Hall–Kier alpha value is -2.08. The minimum Gasteiger partial charge on any atom is -0.443 e. The monoisotopic (exact) mass is 317 g/mol. The number of amides is 1. The van der Waals surface area contributed by atoms with Crippen LogP contribution in [0.1, 0.15) is 56.4 Å². The molecule has 1 amide bonds. The summed E-state index contributed by atoms with van der Waals surface area (Å²) in [7, 11) is 0. The molecule has 2 heterocycles. The second-order valence-corrected chi connectivity index (χ2v) is 7.15. The molecule has 0 spiro atoms. The third kappa shape index (κ3) is 3.82. The van der Waals surface area contributed by atoms with E-state index in [1.807, 2.05) is 37.4 Å².